The first-order valence-electron chi connectivity index (χ1n) is 11.0. The van der Waals surface area contributed by atoms with Crippen molar-refractivity contribution in [2.75, 3.05) is 5.32 Å². The van der Waals surface area contributed by atoms with Crippen LogP contribution in [0.25, 0.3) is 53.2 Å². The quantitative estimate of drug-likeness (QED) is 0.295. The molecule has 0 amide bonds. The van der Waals surface area contributed by atoms with Crippen molar-refractivity contribution in [3.05, 3.63) is 109 Å². The van der Waals surface area contributed by atoms with Crippen LogP contribution in [0.5, 0.6) is 0 Å². The lowest BCUT2D eigenvalue weighted by atomic mass is 9.99. The van der Waals surface area contributed by atoms with Crippen molar-refractivity contribution in [2.45, 2.75) is 0 Å². The highest BCUT2D eigenvalue weighted by molar-refractivity contribution is 7.26. The maximum Gasteiger partial charge on any atom is 0.137 e. The van der Waals surface area contributed by atoms with E-state index in [0.29, 0.717) is 0 Å². The van der Waals surface area contributed by atoms with Crippen molar-refractivity contribution in [1.29, 1.82) is 0 Å². The average molecular weight is 442 g/mol. The Morgan fingerprint density at radius 2 is 1.33 bits per heavy atom. The highest BCUT2D eigenvalue weighted by atomic mass is 32.1. The maximum atomic E-state index is 6.07. The van der Waals surface area contributed by atoms with Gasteiger partial charge in [0.25, 0.3) is 0 Å². The fraction of sp³-hybridized carbons (Fsp3) is 0. The second kappa shape index (κ2) is 7.22. The lowest BCUT2D eigenvalue weighted by molar-refractivity contribution is 0.669. The van der Waals surface area contributed by atoms with E-state index in [1.807, 2.05) is 29.5 Å². The van der Waals surface area contributed by atoms with Crippen molar-refractivity contribution < 1.29 is 4.42 Å². The minimum Gasteiger partial charge on any atom is -0.456 e. The molecule has 5 aromatic carbocycles. The predicted molar refractivity (Wildman–Crippen MR) is 142 cm³/mol. The Balaban J connectivity index is 1.34. The first-order valence-corrected chi connectivity index (χ1v) is 11.8. The second-order valence-electron chi connectivity index (χ2n) is 8.29. The molecule has 0 radical (unpaired) electrons. The number of hydrogen-bond acceptors (Lipinski definition) is 3. The Morgan fingerprint density at radius 3 is 2.27 bits per heavy atom. The molecule has 0 atom stereocenters. The topological polar surface area (TPSA) is 25.2 Å². The third kappa shape index (κ3) is 3.01. The molecular weight excluding hydrogens is 422 g/mol. The lowest BCUT2D eigenvalue weighted by Crippen LogP contribution is -1.89. The molecule has 0 aliphatic carbocycles. The number of anilines is 2. The molecule has 156 valence electrons. The number of hydrogen-bond donors (Lipinski definition) is 1. The molecule has 0 saturated carbocycles. The van der Waals surface area contributed by atoms with Crippen molar-refractivity contribution >= 4 is 64.8 Å². The van der Waals surface area contributed by atoms with E-state index < -0.39 is 0 Å². The van der Waals surface area contributed by atoms with Gasteiger partial charge in [-0.1, -0.05) is 60.7 Å². The Hall–Kier alpha value is -4.08. The molecule has 2 aromatic heterocycles. The number of rotatable bonds is 3. The summed E-state index contributed by atoms with van der Waals surface area (Å²) in [5, 5.41) is 8.49. The zero-order valence-corrected chi connectivity index (χ0v) is 18.5. The first-order chi connectivity index (χ1) is 16.3. The van der Waals surface area contributed by atoms with Crippen LogP contribution in [0.4, 0.5) is 11.4 Å². The van der Waals surface area contributed by atoms with E-state index in [1.54, 1.807) is 0 Å². The van der Waals surface area contributed by atoms with Crippen molar-refractivity contribution in [2.24, 2.45) is 0 Å². The molecule has 0 unspecified atom stereocenters. The van der Waals surface area contributed by atoms with Gasteiger partial charge in [0.2, 0.25) is 0 Å². The molecule has 0 bridgehead atoms. The number of para-hydroxylation sites is 1. The maximum absolute atomic E-state index is 6.07. The fourth-order valence-corrected chi connectivity index (χ4v) is 5.85. The molecule has 33 heavy (non-hydrogen) atoms. The van der Waals surface area contributed by atoms with Crippen molar-refractivity contribution in [3.63, 3.8) is 0 Å². The van der Waals surface area contributed by atoms with Gasteiger partial charge in [0, 0.05) is 48.4 Å². The van der Waals surface area contributed by atoms with Gasteiger partial charge >= 0.3 is 0 Å². The summed E-state index contributed by atoms with van der Waals surface area (Å²) in [7, 11) is 0. The summed E-state index contributed by atoms with van der Waals surface area (Å²) >= 11 is 1.85. The van der Waals surface area contributed by atoms with Gasteiger partial charge in [0.15, 0.2) is 0 Å². The minimum atomic E-state index is 0.898. The molecule has 0 spiro atoms. The van der Waals surface area contributed by atoms with Gasteiger partial charge in [-0.05, 0) is 53.6 Å². The largest absolute Gasteiger partial charge is 0.456 e. The van der Waals surface area contributed by atoms with Crippen molar-refractivity contribution in [3.8, 4) is 11.1 Å². The van der Waals surface area contributed by atoms with Gasteiger partial charge in [0.1, 0.15) is 11.2 Å². The van der Waals surface area contributed by atoms with Gasteiger partial charge in [-0.3, -0.25) is 0 Å². The predicted octanol–water partition coefficient (Wildman–Crippen LogP) is 9.36. The van der Waals surface area contributed by atoms with Gasteiger partial charge in [0.05, 0.1) is 0 Å². The highest BCUT2D eigenvalue weighted by Gasteiger charge is 2.12. The van der Waals surface area contributed by atoms with Crippen LogP contribution in [-0.4, -0.2) is 0 Å². The third-order valence-corrected chi connectivity index (χ3v) is 7.38. The molecule has 7 aromatic rings. The Bertz CT molecular complexity index is 1790. The van der Waals surface area contributed by atoms with Gasteiger partial charge in [-0.2, -0.15) is 0 Å². The molecule has 0 saturated heterocycles. The van der Waals surface area contributed by atoms with Crippen molar-refractivity contribution in [1.82, 2.24) is 0 Å². The molecule has 3 heteroatoms. The van der Waals surface area contributed by atoms with Crippen LogP contribution in [0.1, 0.15) is 0 Å². The zero-order chi connectivity index (χ0) is 21.8. The highest BCUT2D eigenvalue weighted by Crippen LogP contribution is 2.41. The number of nitrogens with one attached hydrogen (secondary N) is 1. The summed E-state index contributed by atoms with van der Waals surface area (Å²) in [4.78, 5) is 0. The van der Waals surface area contributed by atoms with E-state index in [0.717, 1.165) is 33.3 Å². The molecular formula is C30H19NOS. The number of fused-ring (bicyclic) bond motifs is 6. The third-order valence-electron chi connectivity index (χ3n) is 6.25. The minimum absolute atomic E-state index is 0.898. The molecule has 0 aliphatic heterocycles. The standard InChI is InChI=1S/C30H19NOS/c1-2-7-19(8-3-1)22-10-6-12-29-30(22)25-17-20(14-16-28(25)33-29)31-21-13-15-24-23-9-4-5-11-26(23)32-27(24)18-21/h1-18,31H. The number of furan rings is 1. The summed E-state index contributed by atoms with van der Waals surface area (Å²) < 4.78 is 8.68. The van der Waals surface area contributed by atoms with Crippen LogP contribution in [0.2, 0.25) is 0 Å². The average Bonchev–Trinajstić information content (AvgIpc) is 3.42. The SMILES string of the molecule is c1ccc(-c2cccc3sc4ccc(Nc5ccc6c(c5)oc5ccccc56)cc4c23)cc1. The van der Waals surface area contributed by atoms with E-state index in [-0.39, 0.29) is 0 Å². The summed E-state index contributed by atoms with van der Waals surface area (Å²) in [6, 6.07) is 38.4. The van der Waals surface area contributed by atoms with Gasteiger partial charge < -0.3 is 9.73 Å². The first kappa shape index (κ1) is 18.5. The fourth-order valence-electron chi connectivity index (χ4n) is 4.73. The molecule has 7 rings (SSSR count). The van der Waals surface area contributed by atoms with E-state index in [2.05, 4.69) is 96.3 Å². The van der Waals surface area contributed by atoms with Crippen LogP contribution < -0.4 is 5.32 Å². The van der Waals surface area contributed by atoms with Crippen LogP contribution in [-0.2, 0) is 0 Å². The molecule has 2 heterocycles. The zero-order valence-electron chi connectivity index (χ0n) is 17.7. The van der Waals surface area contributed by atoms with Crippen LogP contribution in [0.3, 0.4) is 0 Å². The van der Waals surface area contributed by atoms with E-state index in [4.69, 9.17) is 4.42 Å². The van der Waals surface area contributed by atoms with Crippen LogP contribution >= 0.6 is 11.3 Å². The smallest absolute Gasteiger partial charge is 0.137 e. The van der Waals surface area contributed by atoms with Gasteiger partial charge in [-0.15, -0.1) is 11.3 Å². The molecule has 2 nitrogen and oxygen atoms in total. The summed E-state index contributed by atoms with van der Waals surface area (Å²) in [6.45, 7) is 0. The lowest BCUT2D eigenvalue weighted by Gasteiger charge is -2.08. The molecule has 1 N–H and O–H groups in total. The van der Waals surface area contributed by atoms with E-state index in [9.17, 15) is 0 Å². The van der Waals surface area contributed by atoms with Crippen LogP contribution in [0.15, 0.2) is 114 Å². The number of benzene rings is 5. The Morgan fingerprint density at radius 1 is 0.545 bits per heavy atom. The Labute approximate surface area is 194 Å². The second-order valence-corrected chi connectivity index (χ2v) is 9.38. The summed E-state index contributed by atoms with van der Waals surface area (Å²) in [5.74, 6) is 0. The Kier molecular flexibility index (Phi) is 4.05. The number of thiophene rings is 1. The normalized spacial score (nSPS) is 11.6. The van der Waals surface area contributed by atoms with Gasteiger partial charge in [-0.25, -0.2) is 0 Å². The van der Waals surface area contributed by atoms with Crippen LogP contribution in [0, 0.1) is 0 Å². The molecule has 0 fully saturated rings. The monoisotopic (exact) mass is 441 g/mol. The molecule has 0 aliphatic rings. The summed E-state index contributed by atoms with van der Waals surface area (Å²) in [6.07, 6.45) is 0. The summed E-state index contributed by atoms with van der Waals surface area (Å²) in [5.41, 5.74) is 6.43. The van der Waals surface area contributed by atoms with E-state index >= 15 is 0 Å². The van der Waals surface area contributed by atoms with E-state index in [1.165, 1.54) is 31.3 Å².